The molecule has 1 saturated heterocycles. The number of carbonyl (C=O) groups excluding carboxylic acids is 1. The lowest BCUT2D eigenvalue weighted by Crippen LogP contribution is -2.52. The zero-order valence-electron chi connectivity index (χ0n) is 15.2. The van der Waals surface area contributed by atoms with Crippen LogP contribution in [0.5, 0.6) is 0 Å². The van der Waals surface area contributed by atoms with Crippen LogP contribution in [0.25, 0.3) is 0 Å². The first-order valence-electron chi connectivity index (χ1n) is 8.58. The Bertz CT molecular complexity index is 750. The molecule has 1 atom stereocenters. The Kier molecular flexibility index (Phi) is 7.50. The van der Waals surface area contributed by atoms with Gasteiger partial charge in [-0.25, -0.2) is 8.42 Å². The minimum Gasteiger partial charge on any atom is -0.352 e. The van der Waals surface area contributed by atoms with Crippen molar-refractivity contribution in [3.8, 4) is 0 Å². The largest absolute Gasteiger partial charge is 0.352 e. The molecule has 1 unspecified atom stereocenters. The molecule has 6 nitrogen and oxygen atoms in total. The molecule has 1 aliphatic heterocycles. The Morgan fingerprint density at radius 3 is 2.38 bits per heavy atom. The number of benzene rings is 1. The number of piperazine rings is 1. The standard InChI is InChI=1S/C17H25BrClN3O3S/c1-12(2)13(3)20-17(23)11-21-6-8-22(9-7-21)26(24,25)16-5-4-14(18)10-15(16)19/h4-5,10,12-13H,6-9,11H2,1-3H3,(H,20,23). The first-order valence-corrected chi connectivity index (χ1v) is 11.2. The van der Waals surface area contributed by atoms with Gasteiger partial charge in [0.25, 0.3) is 0 Å². The van der Waals surface area contributed by atoms with E-state index in [9.17, 15) is 13.2 Å². The van der Waals surface area contributed by atoms with Gasteiger partial charge in [0.2, 0.25) is 15.9 Å². The molecule has 1 N–H and O–H groups in total. The van der Waals surface area contributed by atoms with E-state index < -0.39 is 10.0 Å². The van der Waals surface area contributed by atoms with E-state index in [1.54, 1.807) is 12.1 Å². The van der Waals surface area contributed by atoms with Crippen LogP contribution in [0.4, 0.5) is 0 Å². The molecule has 1 fully saturated rings. The van der Waals surface area contributed by atoms with Gasteiger partial charge in [0.1, 0.15) is 4.90 Å². The molecule has 26 heavy (non-hydrogen) atoms. The van der Waals surface area contributed by atoms with Gasteiger partial charge in [0.15, 0.2) is 0 Å². The van der Waals surface area contributed by atoms with Crippen molar-refractivity contribution >= 4 is 43.5 Å². The fraction of sp³-hybridized carbons (Fsp3) is 0.588. The lowest BCUT2D eigenvalue weighted by molar-refractivity contribution is -0.123. The predicted molar refractivity (Wildman–Crippen MR) is 107 cm³/mol. The summed E-state index contributed by atoms with van der Waals surface area (Å²) in [5, 5.41) is 3.17. The smallest absolute Gasteiger partial charge is 0.244 e. The average Bonchev–Trinajstić information content (AvgIpc) is 2.54. The lowest BCUT2D eigenvalue weighted by Gasteiger charge is -2.34. The molecule has 1 aliphatic rings. The second-order valence-electron chi connectivity index (χ2n) is 6.86. The first-order chi connectivity index (χ1) is 12.1. The number of amides is 1. The topological polar surface area (TPSA) is 69.7 Å². The van der Waals surface area contributed by atoms with Gasteiger partial charge in [-0.1, -0.05) is 41.4 Å². The molecule has 2 rings (SSSR count). The van der Waals surface area contributed by atoms with E-state index in [0.717, 1.165) is 4.47 Å². The van der Waals surface area contributed by atoms with E-state index in [-0.39, 0.29) is 28.4 Å². The highest BCUT2D eigenvalue weighted by Crippen LogP contribution is 2.28. The van der Waals surface area contributed by atoms with E-state index >= 15 is 0 Å². The van der Waals surface area contributed by atoms with Crippen molar-refractivity contribution in [2.24, 2.45) is 5.92 Å². The summed E-state index contributed by atoms with van der Waals surface area (Å²) < 4.78 is 27.7. The highest BCUT2D eigenvalue weighted by Gasteiger charge is 2.30. The SMILES string of the molecule is CC(C)C(C)NC(=O)CN1CCN(S(=O)(=O)c2ccc(Br)cc2Cl)CC1. The van der Waals surface area contributed by atoms with Crippen LogP contribution in [0.3, 0.4) is 0 Å². The van der Waals surface area contributed by atoms with E-state index in [2.05, 4.69) is 35.1 Å². The number of nitrogens with zero attached hydrogens (tertiary/aromatic N) is 2. The van der Waals surface area contributed by atoms with Gasteiger partial charge in [0, 0.05) is 36.7 Å². The second kappa shape index (κ2) is 9.01. The maximum Gasteiger partial charge on any atom is 0.244 e. The Morgan fingerprint density at radius 1 is 1.23 bits per heavy atom. The van der Waals surface area contributed by atoms with Crippen LogP contribution < -0.4 is 5.32 Å². The number of rotatable bonds is 6. The third kappa shape index (κ3) is 5.42. The Morgan fingerprint density at radius 2 is 1.85 bits per heavy atom. The van der Waals surface area contributed by atoms with Crippen molar-refractivity contribution < 1.29 is 13.2 Å². The molecular weight excluding hydrogens is 442 g/mol. The minimum absolute atomic E-state index is 0.0292. The number of carbonyl (C=O) groups is 1. The molecule has 1 heterocycles. The van der Waals surface area contributed by atoms with Gasteiger partial charge in [-0.2, -0.15) is 4.31 Å². The number of halogens is 2. The Balaban J connectivity index is 1.94. The maximum atomic E-state index is 12.8. The highest BCUT2D eigenvalue weighted by atomic mass is 79.9. The minimum atomic E-state index is -3.64. The Hall–Kier alpha value is -0.670. The number of hydrogen-bond donors (Lipinski definition) is 1. The quantitative estimate of drug-likeness (QED) is 0.699. The fourth-order valence-corrected chi connectivity index (χ4v) is 5.05. The summed E-state index contributed by atoms with van der Waals surface area (Å²) in [6, 6.07) is 4.86. The molecule has 0 aromatic heterocycles. The molecule has 1 amide bonds. The van der Waals surface area contributed by atoms with Crippen LogP contribution in [0, 0.1) is 5.92 Å². The monoisotopic (exact) mass is 465 g/mol. The number of nitrogens with one attached hydrogen (secondary N) is 1. The third-order valence-corrected chi connectivity index (χ3v) is 7.47. The van der Waals surface area contributed by atoms with Crippen molar-refractivity contribution in [3.63, 3.8) is 0 Å². The van der Waals surface area contributed by atoms with Crippen LogP contribution in [0.2, 0.25) is 5.02 Å². The van der Waals surface area contributed by atoms with E-state index in [1.165, 1.54) is 10.4 Å². The van der Waals surface area contributed by atoms with Crippen LogP contribution >= 0.6 is 27.5 Å². The van der Waals surface area contributed by atoms with Crippen LogP contribution in [-0.4, -0.2) is 62.3 Å². The van der Waals surface area contributed by atoms with Crippen LogP contribution in [0.15, 0.2) is 27.6 Å². The molecule has 1 aromatic rings. The third-order valence-electron chi connectivity index (χ3n) is 4.60. The van der Waals surface area contributed by atoms with E-state index in [1.807, 2.05) is 11.8 Å². The predicted octanol–water partition coefficient (Wildman–Crippen LogP) is 2.57. The van der Waals surface area contributed by atoms with Gasteiger partial charge in [-0.05, 0) is 31.0 Å². The normalized spacial score (nSPS) is 18.1. The van der Waals surface area contributed by atoms with Gasteiger partial charge >= 0.3 is 0 Å². The second-order valence-corrected chi connectivity index (χ2v) is 10.1. The van der Waals surface area contributed by atoms with Crippen molar-refractivity contribution in [2.75, 3.05) is 32.7 Å². The van der Waals surface area contributed by atoms with Crippen molar-refractivity contribution in [1.29, 1.82) is 0 Å². The van der Waals surface area contributed by atoms with Crippen molar-refractivity contribution in [3.05, 3.63) is 27.7 Å². The number of hydrogen-bond acceptors (Lipinski definition) is 4. The summed E-state index contributed by atoms with van der Waals surface area (Å²) in [6.45, 7) is 8.07. The molecule has 0 aliphatic carbocycles. The van der Waals surface area contributed by atoms with E-state index in [4.69, 9.17) is 11.6 Å². The summed E-state index contributed by atoms with van der Waals surface area (Å²) in [5.74, 6) is 0.343. The molecule has 0 radical (unpaired) electrons. The summed E-state index contributed by atoms with van der Waals surface area (Å²) in [6.07, 6.45) is 0. The fourth-order valence-electron chi connectivity index (χ4n) is 2.62. The summed E-state index contributed by atoms with van der Waals surface area (Å²) >= 11 is 9.38. The van der Waals surface area contributed by atoms with Crippen molar-refractivity contribution in [2.45, 2.75) is 31.7 Å². The molecule has 9 heteroatoms. The summed E-state index contributed by atoms with van der Waals surface area (Å²) in [5.41, 5.74) is 0. The highest BCUT2D eigenvalue weighted by molar-refractivity contribution is 9.10. The van der Waals surface area contributed by atoms with Crippen molar-refractivity contribution in [1.82, 2.24) is 14.5 Å². The van der Waals surface area contributed by atoms with Gasteiger partial charge in [-0.15, -0.1) is 0 Å². The van der Waals surface area contributed by atoms with Crippen LogP contribution in [0.1, 0.15) is 20.8 Å². The van der Waals surface area contributed by atoms with Gasteiger partial charge < -0.3 is 5.32 Å². The maximum absolute atomic E-state index is 12.8. The number of sulfonamides is 1. The zero-order chi connectivity index (χ0) is 19.5. The Labute approximate surface area is 169 Å². The van der Waals surface area contributed by atoms with Gasteiger partial charge in [0.05, 0.1) is 11.6 Å². The molecule has 146 valence electrons. The first kappa shape index (κ1) is 21.6. The summed E-state index contributed by atoms with van der Waals surface area (Å²) in [4.78, 5) is 14.2. The zero-order valence-corrected chi connectivity index (χ0v) is 18.4. The molecule has 1 aromatic carbocycles. The molecule has 0 spiro atoms. The molecule has 0 saturated carbocycles. The summed E-state index contributed by atoms with van der Waals surface area (Å²) in [7, 11) is -3.64. The average molecular weight is 467 g/mol. The molecular formula is C17H25BrClN3O3S. The molecule has 0 bridgehead atoms. The van der Waals surface area contributed by atoms with Gasteiger partial charge in [-0.3, -0.25) is 9.69 Å². The lowest BCUT2D eigenvalue weighted by atomic mass is 10.1. The van der Waals surface area contributed by atoms with E-state index in [0.29, 0.717) is 32.1 Å². The van der Waals surface area contributed by atoms with Crippen LogP contribution in [-0.2, 0) is 14.8 Å².